The van der Waals surface area contributed by atoms with Gasteiger partial charge in [0.2, 0.25) is 5.82 Å². The van der Waals surface area contributed by atoms with Crippen LogP contribution >= 0.6 is 0 Å². The SMILES string of the molecule is O=C(Nc1ccc(F)c([N+](=O)[O-])c1)Nc1cccc2ccccc12. The Bertz CT molecular complexity index is 938. The fraction of sp³-hybridized carbons (Fsp3) is 0. The van der Waals surface area contributed by atoms with Crippen molar-refractivity contribution >= 4 is 33.9 Å². The molecule has 0 radical (unpaired) electrons. The number of rotatable bonds is 3. The number of hydrogen-bond acceptors (Lipinski definition) is 3. The first kappa shape index (κ1) is 15.4. The van der Waals surface area contributed by atoms with Crippen LogP contribution in [0.1, 0.15) is 0 Å². The van der Waals surface area contributed by atoms with Gasteiger partial charge in [-0.3, -0.25) is 10.1 Å². The van der Waals surface area contributed by atoms with Gasteiger partial charge in [-0.15, -0.1) is 0 Å². The zero-order valence-corrected chi connectivity index (χ0v) is 12.3. The number of nitro groups is 1. The summed E-state index contributed by atoms with van der Waals surface area (Å²) in [7, 11) is 0. The molecule has 0 aliphatic rings. The van der Waals surface area contributed by atoms with Gasteiger partial charge >= 0.3 is 11.7 Å². The molecule has 0 heterocycles. The monoisotopic (exact) mass is 325 g/mol. The molecule has 0 saturated heterocycles. The number of hydrogen-bond donors (Lipinski definition) is 2. The number of urea groups is 1. The van der Waals surface area contributed by atoms with E-state index in [2.05, 4.69) is 10.6 Å². The molecular formula is C17H12FN3O3. The average Bonchev–Trinajstić information content (AvgIpc) is 2.56. The largest absolute Gasteiger partial charge is 0.323 e. The standard InChI is InChI=1S/C17H12FN3O3/c18-14-9-8-12(10-16(14)21(23)24)19-17(22)20-15-7-3-5-11-4-1-2-6-13(11)15/h1-10H,(H2,19,20,22). The van der Waals surface area contributed by atoms with Crippen LogP contribution in [0.15, 0.2) is 60.7 Å². The lowest BCUT2D eigenvalue weighted by molar-refractivity contribution is -0.387. The van der Waals surface area contributed by atoms with Gasteiger partial charge in [0.05, 0.1) is 10.6 Å². The summed E-state index contributed by atoms with van der Waals surface area (Å²) in [6.07, 6.45) is 0. The molecule has 24 heavy (non-hydrogen) atoms. The first-order valence-corrected chi connectivity index (χ1v) is 7.04. The number of anilines is 2. The van der Waals surface area contributed by atoms with Crippen molar-refractivity contribution in [2.75, 3.05) is 10.6 Å². The minimum absolute atomic E-state index is 0.126. The molecule has 2 N–H and O–H groups in total. The van der Waals surface area contributed by atoms with Gasteiger partial charge in [0.15, 0.2) is 0 Å². The van der Waals surface area contributed by atoms with E-state index in [1.807, 2.05) is 30.3 Å². The van der Waals surface area contributed by atoms with E-state index >= 15 is 0 Å². The molecule has 120 valence electrons. The van der Waals surface area contributed by atoms with Crippen LogP contribution in [0, 0.1) is 15.9 Å². The molecule has 0 atom stereocenters. The second-order valence-electron chi connectivity index (χ2n) is 5.03. The maximum Gasteiger partial charge on any atom is 0.323 e. The molecule has 0 aromatic heterocycles. The smallest absolute Gasteiger partial charge is 0.307 e. The summed E-state index contributed by atoms with van der Waals surface area (Å²) in [6, 6.07) is 15.6. The van der Waals surface area contributed by atoms with Crippen molar-refractivity contribution in [3.05, 3.63) is 76.6 Å². The molecule has 3 rings (SSSR count). The second-order valence-corrected chi connectivity index (χ2v) is 5.03. The van der Waals surface area contributed by atoms with Crippen LogP contribution in [0.25, 0.3) is 10.8 Å². The summed E-state index contributed by atoms with van der Waals surface area (Å²) in [5.41, 5.74) is 0.0287. The van der Waals surface area contributed by atoms with E-state index in [0.717, 1.165) is 22.9 Å². The fourth-order valence-electron chi connectivity index (χ4n) is 2.35. The van der Waals surface area contributed by atoms with Crippen LogP contribution < -0.4 is 10.6 Å². The highest BCUT2D eigenvalue weighted by Crippen LogP contribution is 2.24. The Hall–Kier alpha value is -3.48. The van der Waals surface area contributed by atoms with E-state index in [-0.39, 0.29) is 5.69 Å². The van der Waals surface area contributed by atoms with Crippen LogP contribution in [0.4, 0.5) is 26.2 Å². The van der Waals surface area contributed by atoms with Crippen molar-refractivity contribution in [1.82, 2.24) is 0 Å². The molecule has 0 saturated carbocycles. The van der Waals surface area contributed by atoms with Crippen molar-refractivity contribution in [3.63, 3.8) is 0 Å². The third-order valence-corrected chi connectivity index (χ3v) is 3.44. The highest BCUT2D eigenvalue weighted by molar-refractivity contribution is 6.06. The lowest BCUT2D eigenvalue weighted by Gasteiger charge is -2.10. The van der Waals surface area contributed by atoms with E-state index in [4.69, 9.17) is 0 Å². The number of nitrogens with zero attached hydrogens (tertiary/aromatic N) is 1. The zero-order valence-electron chi connectivity index (χ0n) is 12.3. The third kappa shape index (κ3) is 3.14. The first-order chi connectivity index (χ1) is 11.5. The second kappa shape index (κ2) is 6.33. The fourth-order valence-corrected chi connectivity index (χ4v) is 2.35. The van der Waals surface area contributed by atoms with Gasteiger partial charge in [0.25, 0.3) is 0 Å². The van der Waals surface area contributed by atoms with Gasteiger partial charge in [-0.2, -0.15) is 4.39 Å². The van der Waals surface area contributed by atoms with Crippen LogP contribution in [0.5, 0.6) is 0 Å². The molecule has 0 unspecified atom stereocenters. The number of fused-ring (bicyclic) bond motifs is 1. The molecule has 6 nitrogen and oxygen atoms in total. The van der Waals surface area contributed by atoms with Crippen molar-refractivity contribution in [2.24, 2.45) is 0 Å². The van der Waals surface area contributed by atoms with Gasteiger partial charge in [-0.05, 0) is 23.6 Å². The molecule has 0 fully saturated rings. The molecule has 0 aliphatic heterocycles. The zero-order chi connectivity index (χ0) is 17.1. The van der Waals surface area contributed by atoms with Crippen LogP contribution in [0.2, 0.25) is 0 Å². The lowest BCUT2D eigenvalue weighted by atomic mass is 10.1. The number of benzene rings is 3. The Labute approximate surface area is 136 Å². The van der Waals surface area contributed by atoms with Crippen molar-refractivity contribution < 1.29 is 14.1 Å². The Balaban J connectivity index is 1.81. The highest BCUT2D eigenvalue weighted by atomic mass is 19.1. The maximum atomic E-state index is 13.3. The summed E-state index contributed by atoms with van der Waals surface area (Å²) in [5, 5.41) is 17.7. The number of amides is 2. The number of carbonyl (C=O) groups excluding carboxylic acids is 1. The van der Waals surface area contributed by atoms with Crippen LogP contribution in [0.3, 0.4) is 0 Å². The van der Waals surface area contributed by atoms with Crippen LogP contribution in [-0.2, 0) is 0 Å². The molecule has 3 aromatic carbocycles. The maximum absolute atomic E-state index is 13.3. The van der Waals surface area contributed by atoms with Crippen molar-refractivity contribution in [2.45, 2.75) is 0 Å². The molecule has 7 heteroatoms. The molecule has 2 amide bonds. The average molecular weight is 325 g/mol. The molecule has 0 spiro atoms. The van der Waals surface area contributed by atoms with Gasteiger partial charge in [-0.1, -0.05) is 36.4 Å². The Morgan fingerprint density at radius 3 is 2.54 bits per heavy atom. The van der Waals surface area contributed by atoms with E-state index in [1.165, 1.54) is 6.07 Å². The predicted molar refractivity (Wildman–Crippen MR) is 89.6 cm³/mol. The minimum Gasteiger partial charge on any atom is -0.307 e. The van der Waals surface area contributed by atoms with E-state index < -0.39 is 22.5 Å². The van der Waals surface area contributed by atoms with Gasteiger partial charge in [0, 0.05) is 17.1 Å². The molecule has 0 aliphatic carbocycles. The topological polar surface area (TPSA) is 84.3 Å². The summed E-state index contributed by atoms with van der Waals surface area (Å²) in [4.78, 5) is 22.0. The Morgan fingerprint density at radius 2 is 1.75 bits per heavy atom. The Morgan fingerprint density at radius 1 is 1.00 bits per heavy atom. The Kier molecular flexibility index (Phi) is 4.07. The first-order valence-electron chi connectivity index (χ1n) is 7.04. The van der Waals surface area contributed by atoms with E-state index in [1.54, 1.807) is 12.1 Å². The summed E-state index contributed by atoms with van der Waals surface area (Å²) in [5.74, 6) is -0.958. The van der Waals surface area contributed by atoms with Gasteiger partial charge < -0.3 is 10.6 Å². The number of nitrogens with one attached hydrogen (secondary N) is 2. The van der Waals surface area contributed by atoms with Crippen molar-refractivity contribution in [1.29, 1.82) is 0 Å². The van der Waals surface area contributed by atoms with Gasteiger partial charge in [0.1, 0.15) is 0 Å². The predicted octanol–water partition coefficient (Wildman–Crippen LogP) is 4.53. The molecule has 0 bridgehead atoms. The van der Waals surface area contributed by atoms with Crippen molar-refractivity contribution in [3.8, 4) is 0 Å². The van der Waals surface area contributed by atoms with E-state index in [9.17, 15) is 19.3 Å². The molecular weight excluding hydrogens is 313 g/mol. The van der Waals surface area contributed by atoms with Crippen LogP contribution in [-0.4, -0.2) is 11.0 Å². The summed E-state index contributed by atoms with van der Waals surface area (Å²) in [6.45, 7) is 0. The van der Waals surface area contributed by atoms with E-state index in [0.29, 0.717) is 5.69 Å². The lowest BCUT2D eigenvalue weighted by Crippen LogP contribution is -2.19. The quantitative estimate of drug-likeness (QED) is 0.548. The number of carbonyl (C=O) groups is 1. The number of nitro benzene ring substituents is 1. The summed E-state index contributed by atoms with van der Waals surface area (Å²) >= 11 is 0. The normalized spacial score (nSPS) is 10.4. The minimum atomic E-state index is -0.958. The molecule has 3 aromatic rings. The summed E-state index contributed by atoms with van der Waals surface area (Å²) < 4.78 is 13.3. The van der Waals surface area contributed by atoms with Gasteiger partial charge in [-0.25, -0.2) is 4.79 Å². The highest BCUT2D eigenvalue weighted by Gasteiger charge is 2.15. The third-order valence-electron chi connectivity index (χ3n) is 3.44. The number of halogens is 1.